The highest BCUT2D eigenvalue weighted by atomic mass is 16.5. The standard InChI is InChI=1S/C16H20N2O2/c1-16(8-5-9-20-12-16)18-15(19)14(11-17)10-13-6-3-2-4-7-13/h2-4,6-7,14H,5,8-10,12H2,1H3,(H,18,19). The Morgan fingerprint density at radius 3 is 2.85 bits per heavy atom. The van der Waals surface area contributed by atoms with Crippen LogP contribution in [-0.2, 0) is 16.0 Å². The molecule has 0 aromatic heterocycles. The van der Waals surface area contributed by atoms with E-state index in [9.17, 15) is 10.1 Å². The summed E-state index contributed by atoms with van der Waals surface area (Å²) >= 11 is 0. The highest BCUT2D eigenvalue weighted by Crippen LogP contribution is 2.19. The van der Waals surface area contributed by atoms with Crippen molar-refractivity contribution in [1.29, 1.82) is 5.26 Å². The van der Waals surface area contributed by atoms with E-state index in [1.807, 2.05) is 37.3 Å². The molecule has 1 aromatic carbocycles. The first kappa shape index (κ1) is 14.5. The zero-order chi connectivity index (χ0) is 14.4. The van der Waals surface area contributed by atoms with Crippen molar-refractivity contribution in [3.8, 4) is 6.07 Å². The molecule has 1 amide bonds. The van der Waals surface area contributed by atoms with Gasteiger partial charge in [0.15, 0.2) is 0 Å². The van der Waals surface area contributed by atoms with E-state index in [4.69, 9.17) is 4.74 Å². The first-order valence-corrected chi connectivity index (χ1v) is 6.96. The fraction of sp³-hybridized carbons (Fsp3) is 0.500. The van der Waals surface area contributed by atoms with E-state index in [-0.39, 0.29) is 11.4 Å². The third-order valence-electron chi connectivity index (χ3n) is 3.62. The third kappa shape index (κ3) is 3.82. The second-order valence-electron chi connectivity index (χ2n) is 5.58. The van der Waals surface area contributed by atoms with Crippen molar-refractivity contribution in [2.24, 2.45) is 5.92 Å². The summed E-state index contributed by atoms with van der Waals surface area (Å²) < 4.78 is 5.42. The molecular weight excluding hydrogens is 252 g/mol. The lowest BCUT2D eigenvalue weighted by Crippen LogP contribution is -2.53. The molecule has 1 heterocycles. The topological polar surface area (TPSA) is 62.1 Å². The number of nitrogens with one attached hydrogen (secondary N) is 1. The first-order valence-electron chi connectivity index (χ1n) is 6.96. The molecule has 2 rings (SSSR count). The first-order chi connectivity index (χ1) is 9.63. The molecule has 1 fully saturated rings. The normalized spacial score (nSPS) is 23.6. The van der Waals surface area contributed by atoms with E-state index in [0.29, 0.717) is 13.0 Å². The van der Waals surface area contributed by atoms with E-state index in [1.54, 1.807) is 0 Å². The maximum absolute atomic E-state index is 12.3. The lowest BCUT2D eigenvalue weighted by atomic mass is 9.92. The number of benzene rings is 1. The molecule has 2 atom stereocenters. The molecule has 4 nitrogen and oxygen atoms in total. The Labute approximate surface area is 119 Å². The lowest BCUT2D eigenvalue weighted by molar-refractivity contribution is -0.127. The van der Waals surface area contributed by atoms with Crippen molar-refractivity contribution >= 4 is 5.91 Å². The van der Waals surface area contributed by atoms with Gasteiger partial charge in [0.05, 0.1) is 18.2 Å². The Kier molecular flexibility index (Phi) is 4.75. The van der Waals surface area contributed by atoms with Gasteiger partial charge < -0.3 is 10.1 Å². The smallest absolute Gasteiger partial charge is 0.238 e. The molecule has 20 heavy (non-hydrogen) atoms. The van der Waals surface area contributed by atoms with Gasteiger partial charge in [-0.05, 0) is 31.7 Å². The van der Waals surface area contributed by atoms with Crippen LogP contribution in [0.5, 0.6) is 0 Å². The van der Waals surface area contributed by atoms with Gasteiger partial charge in [0, 0.05) is 6.61 Å². The van der Waals surface area contributed by atoms with E-state index in [2.05, 4.69) is 11.4 Å². The van der Waals surface area contributed by atoms with Gasteiger partial charge in [0.2, 0.25) is 5.91 Å². The van der Waals surface area contributed by atoms with Crippen LogP contribution in [0.15, 0.2) is 30.3 Å². The van der Waals surface area contributed by atoms with Crippen molar-refractivity contribution < 1.29 is 9.53 Å². The summed E-state index contributed by atoms with van der Waals surface area (Å²) in [4.78, 5) is 12.3. The predicted molar refractivity (Wildman–Crippen MR) is 75.8 cm³/mol. The van der Waals surface area contributed by atoms with Crippen LogP contribution >= 0.6 is 0 Å². The van der Waals surface area contributed by atoms with Crippen LogP contribution in [0.4, 0.5) is 0 Å². The second-order valence-corrected chi connectivity index (χ2v) is 5.58. The average Bonchev–Trinajstić information content (AvgIpc) is 2.46. The largest absolute Gasteiger partial charge is 0.379 e. The van der Waals surface area contributed by atoms with E-state index in [1.165, 1.54) is 0 Å². The minimum atomic E-state index is -0.656. The zero-order valence-electron chi connectivity index (χ0n) is 11.8. The molecule has 0 aliphatic carbocycles. The molecule has 0 spiro atoms. The maximum Gasteiger partial charge on any atom is 0.238 e. The second kappa shape index (κ2) is 6.53. The quantitative estimate of drug-likeness (QED) is 0.912. The van der Waals surface area contributed by atoms with Crippen LogP contribution in [0.25, 0.3) is 0 Å². The molecule has 1 aliphatic rings. The van der Waals surface area contributed by atoms with Gasteiger partial charge in [-0.25, -0.2) is 0 Å². The maximum atomic E-state index is 12.3. The Morgan fingerprint density at radius 1 is 1.50 bits per heavy atom. The molecule has 2 unspecified atom stereocenters. The van der Waals surface area contributed by atoms with Gasteiger partial charge in [-0.15, -0.1) is 0 Å². The Hall–Kier alpha value is -1.86. The van der Waals surface area contributed by atoms with E-state index < -0.39 is 5.92 Å². The number of hydrogen-bond acceptors (Lipinski definition) is 3. The van der Waals surface area contributed by atoms with Crippen LogP contribution in [0, 0.1) is 17.2 Å². The molecule has 1 saturated heterocycles. The van der Waals surface area contributed by atoms with Gasteiger partial charge >= 0.3 is 0 Å². The number of nitriles is 1. The van der Waals surface area contributed by atoms with E-state index in [0.717, 1.165) is 25.0 Å². The van der Waals surface area contributed by atoms with Crippen LogP contribution in [0.1, 0.15) is 25.3 Å². The molecule has 0 saturated carbocycles. The van der Waals surface area contributed by atoms with Crippen LogP contribution in [-0.4, -0.2) is 24.7 Å². The van der Waals surface area contributed by atoms with Crippen molar-refractivity contribution in [2.75, 3.05) is 13.2 Å². The lowest BCUT2D eigenvalue weighted by Gasteiger charge is -2.34. The highest BCUT2D eigenvalue weighted by molar-refractivity contribution is 5.82. The minimum absolute atomic E-state index is 0.204. The molecule has 4 heteroatoms. The molecule has 1 aliphatic heterocycles. The molecule has 1 aromatic rings. The summed E-state index contributed by atoms with van der Waals surface area (Å²) in [6, 6.07) is 11.7. The average molecular weight is 272 g/mol. The highest BCUT2D eigenvalue weighted by Gasteiger charge is 2.31. The molecule has 0 bridgehead atoms. The molecule has 106 valence electrons. The monoisotopic (exact) mass is 272 g/mol. The number of hydrogen-bond donors (Lipinski definition) is 1. The zero-order valence-corrected chi connectivity index (χ0v) is 11.8. The number of nitrogens with zero attached hydrogens (tertiary/aromatic N) is 1. The van der Waals surface area contributed by atoms with Gasteiger partial charge in [-0.1, -0.05) is 30.3 Å². The van der Waals surface area contributed by atoms with Gasteiger partial charge in [0.1, 0.15) is 5.92 Å². The Morgan fingerprint density at radius 2 is 2.25 bits per heavy atom. The third-order valence-corrected chi connectivity index (χ3v) is 3.62. The number of rotatable bonds is 4. The SMILES string of the molecule is CC1(NC(=O)C(C#N)Cc2ccccc2)CCCOC1. The van der Waals surface area contributed by atoms with Crippen molar-refractivity contribution in [2.45, 2.75) is 31.7 Å². The summed E-state index contributed by atoms with van der Waals surface area (Å²) in [5.41, 5.74) is 0.653. The molecule has 1 N–H and O–H groups in total. The van der Waals surface area contributed by atoms with Crippen molar-refractivity contribution in [3.05, 3.63) is 35.9 Å². The summed E-state index contributed by atoms with van der Waals surface area (Å²) in [5.74, 6) is -0.861. The number of carbonyl (C=O) groups excluding carboxylic acids is 1. The molecule has 0 radical (unpaired) electrons. The predicted octanol–water partition coefficient (Wildman–Crippen LogP) is 2.05. The number of ether oxygens (including phenoxy) is 1. The van der Waals surface area contributed by atoms with Gasteiger partial charge in [-0.3, -0.25) is 4.79 Å². The number of carbonyl (C=O) groups is 1. The van der Waals surface area contributed by atoms with Crippen LogP contribution in [0.3, 0.4) is 0 Å². The summed E-state index contributed by atoms with van der Waals surface area (Å²) in [6.45, 7) is 3.24. The van der Waals surface area contributed by atoms with Crippen LogP contribution < -0.4 is 5.32 Å². The fourth-order valence-electron chi connectivity index (χ4n) is 2.46. The van der Waals surface area contributed by atoms with Gasteiger partial charge in [0.25, 0.3) is 0 Å². The minimum Gasteiger partial charge on any atom is -0.379 e. The summed E-state index contributed by atoms with van der Waals surface area (Å²) in [7, 11) is 0. The summed E-state index contributed by atoms with van der Waals surface area (Å²) in [5, 5.41) is 12.2. The van der Waals surface area contributed by atoms with Crippen LogP contribution in [0.2, 0.25) is 0 Å². The van der Waals surface area contributed by atoms with Gasteiger partial charge in [-0.2, -0.15) is 5.26 Å². The Balaban J connectivity index is 1.97. The Bertz CT molecular complexity index is 487. The van der Waals surface area contributed by atoms with Crippen molar-refractivity contribution in [1.82, 2.24) is 5.32 Å². The fourth-order valence-corrected chi connectivity index (χ4v) is 2.46. The number of amides is 1. The molecular formula is C16H20N2O2. The van der Waals surface area contributed by atoms with E-state index >= 15 is 0 Å². The van der Waals surface area contributed by atoms with Crippen molar-refractivity contribution in [3.63, 3.8) is 0 Å². The summed E-state index contributed by atoms with van der Waals surface area (Å²) in [6.07, 6.45) is 2.27.